The molecule has 2 radical (unpaired) electrons. The first-order valence-electron chi connectivity index (χ1n) is 5.86. The quantitative estimate of drug-likeness (QED) is 0.630. The van der Waals surface area contributed by atoms with Gasteiger partial charge in [-0.2, -0.15) is 0 Å². The molecular weight excluding hydrogens is 204 g/mol. The topological polar surface area (TPSA) is 0 Å². The van der Waals surface area contributed by atoms with Gasteiger partial charge in [0.2, 0.25) is 0 Å². The van der Waals surface area contributed by atoms with Gasteiger partial charge in [0.25, 0.3) is 0 Å². The van der Waals surface area contributed by atoms with Gasteiger partial charge in [-0.25, -0.2) is 0 Å². The van der Waals surface area contributed by atoms with Crippen molar-refractivity contribution in [2.75, 3.05) is 0 Å². The zero-order valence-electron chi connectivity index (χ0n) is 9.33. The third kappa shape index (κ3) is 1.18. The van der Waals surface area contributed by atoms with Gasteiger partial charge in [0.1, 0.15) is 0 Å². The monoisotopic (exact) mass is 214 g/mol. The molecule has 0 N–H and O–H groups in total. The summed E-state index contributed by atoms with van der Waals surface area (Å²) < 4.78 is 0. The summed E-state index contributed by atoms with van der Waals surface area (Å²) in [5, 5.41) is 5.17. The van der Waals surface area contributed by atoms with Crippen LogP contribution in [0.25, 0.3) is 29.0 Å². The molecule has 0 saturated heterocycles. The molecule has 0 nitrogen and oxygen atoms in total. The Morgan fingerprint density at radius 2 is 2.12 bits per heavy atom. The summed E-state index contributed by atoms with van der Waals surface area (Å²) in [7, 11) is 0. The van der Waals surface area contributed by atoms with Crippen LogP contribution in [0.1, 0.15) is 11.1 Å². The fourth-order valence-electron chi connectivity index (χ4n) is 2.68. The zero-order chi connectivity index (χ0) is 11.2. The third-order valence-electron chi connectivity index (χ3n) is 3.53. The van der Waals surface area contributed by atoms with Crippen LogP contribution in [0.3, 0.4) is 0 Å². The van der Waals surface area contributed by atoms with E-state index in [1.807, 2.05) is 0 Å². The van der Waals surface area contributed by atoms with E-state index in [0.717, 1.165) is 6.42 Å². The molecule has 0 saturated carbocycles. The van der Waals surface area contributed by atoms with E-state index in [1.165, 1.54) is 32.3 Å². The SMILES string of the molecule is [C]1=CCc2c(ccc3c4c([c]cc23)=CC=C4)=C1. The second-order valence-electron chi connectivity index (χ2n) is 4.46. The van der Waals surface area contributed by atoms with Crippen molar-refractivity contribution >= 4 is 29.0 Å². The van der Waals surface area contributed by atoms with Crippen molar-refractivity contribution in [1.29, 1.82) is 0 Å². The second-order valence-corrected chi connectivity index (χ2v) is 4.46. The Bertz CT molecular complexity index is 802. The Morgan fingerprint density at radius 3 is 3.12 bits per heavy atom. The summed E-state index contributed by atoms with van der Waals surface area (Å²) in [6.45, 7) is 0. The van der Waals surface area contributed by atoms with Crippen LogP contribution in [0.5, 0.6) is 0 Å². The fraction of sp³-hybridized carbons (Fsp3) is 0.0588. The first-order valence-corrected chi connectivity index (χ1v) is 5.86. The molecular formula is C17H10. The summed E-state index contributed by atoms with van der Waals surface area (Å²) in [5.74, 6) is 0. The Balaban J connectivity index is 2.23. The van der Waals surface area contributed by atoms with Crippen molar-refractivity contribution in [2.24, 2.45) is 0 Å². The van der Waals surface area contributed by atoms with Crippen molar-refractivity contribution in [1.82, 2.24) is 0 Å². The van der Waals surface area contributed by atoms with Gasteiger partial charge in [-0.1, -0.05) is 36.4 Å². The average Bonchev–Trinajstić information content (AvgIpc) is 2.86. The van der Waals surface area contributed by atoms with Gasteiger partial charge in [0.15, 0.2) is 0 Å². The number of hydrogen-bond donors (Lipinski definition) is 0. The normalized spacial score (nSPS) is 15.3. The predicted octanol–water partition coefficient (Wildman–Crippen LogP) is 2.14. The number of rotatable bonds is 0. The van der Waals surface area contributed by atoms with Crippen molar-refractivity contribution in [3.05, 3.63) is 64.1 Å². The van der Waals surface area contributed by atoms with E-state index in [1.54, 1.807) is 0 Å². The number of hydrogen-bond acceptors (Lipinski definition) is 0. The molecule has 0 bridgehead atoms. The molecule has 2 aromatic carbocycles. The molecule has 0 unspecified atom stereocenters. The summed E-state index contributed by atoms with van der Waals surface area (Å²) in [5.41, 5.74) is 2.71. The lowest BCUT2D eigenvalue weighted by atomic mass is 9.94. The maximum Gasteiger partial charge on any atom is -0.00761 e. The highest BCUT2D eigenvalue weighted by Gasteiger charge is 2.08. The molecule has 17 heavy (non-hydrogen) atoms. The first kappa shape index (κ1) is 9.00. The molecule has 0 atom stereocenters. The molecule has 0 aliphatic heterocycles. The number of allylic oxidation sites excluding steroid dienone is 3. The molecule has 2 aliphatic rings. The van der Waals surface area contributed by atoms with E-state index in [4.69, 9.17) is 0 Å². The molecule has 2 aromatic rings. The van der Waals surface area contributed by atoms with Gasteiger partial charge >= 0.3 is 0 Å². The lowest BCUT2D eigenvalue weighted by Crippen LogP contribution is -2.13. The molecule has 0 aromatic heterocycles. The molecule has 2 aliphatic carbocycles. The van der Waals surface area contributed by atoms with Crippen molar-refractivity contribution < 1.29 is 0 Å². The number of fused-ring (bicyclic) bond motifs is 5. The highest BCUT2D eigenvalue weighted by atomic mass is 14.1. The Kier molecular flexibility index (Phi) is 1.70. The lowest BCUT2D eigenvalue weighted by molar-refractivity contribution is 1.25. The minimum atomic E-state index is 0.975. The van der Waals surface area contributed by atoms with Gasteiger partial charge in [-0.3, -0.25) is 0 Å². The van der Waals surface area contributed by atoms with Crippen LogP contribution in [-0.4, -0.2) is 0 Å². The minimum absolute atomic E-state index is 0.975. The molecule has 4 rings (SSSR count). The molecule has 0 amide bonds. The predicted molar refractivity (Wildman–Crippen MR) is 71.5 cm³/mol. The van der Waals surface area contributed by atoms with Crippen LogP contribution in [0.2, 0.25) is 0 Å². The van der Waals surface area contributed by atoms with E-state index in [0.29, 0.717) is 0 Å². The second kappa shape index (κ2) is 3.21. The molecule has 0 fully saturated rings. The Hall–Kier alpha value is -2.08. The Morgan fingerprint density at radius 1 is 1.12 bits per heavy atom. The fourth-order valence-corrected chi connectivity index (χ4v) is 2.68. The summed E-state index contributed by atoms with van der Waals surface area (Å²) >= 11 is 0. The maximum atomic E-state index is 3.38. The Labute approximate surface area is 99.9 Å². The lowest BCUT2D eigenvalue weighted by Gasteiger charge is -2.10. The van der Waals surface area contributed by atoms with Gasteiger partial charge < -0.3 is 0 Å². The first-order chi connectivity index (χ1) is 8.43. The summed E-state index contributed by atoms with van der Waals surface area (Å²) in [6.07, 6.45) is 14.7. The summed E-state index contributed by atoms with van der Waals surface area (Å²) in [6, 6.07) is 9.92. The van der Waals surface area contributed by atoms with Gasteiger partial charge in [0, 0.05) is 0 Å². The van der Waals surface area contributed by atoms with Crippen molar-refractivity contribution in [2.45, 2.75) is 6.42 Å². The van der Waals surface area contributed by atoms with E-state index in [9.17, 15) is 0 Å². The zero-order valence-corrected chi connectivity index (χ0v) is 9.33. The van der Waals surface area contributed by atoms with E-state index >= 15 is 0 Å². The van der Waals surface area contributed by atoms with Crippen LogP contribution < -0.4 is 10.4 Å². The molecule has 78 valence electrons. The maximum absolute atomic E-state index is 3.38. The van der Waals surface area contributed by atoms with Crippen molar-refractivity contribution in [3.63, 3.8) is 0 Å². The minimum Gasteiger partial charge on any atom is -0.0722 e. The highest BCUT2D eigenvalue weighted by molar-refractivity contribution is 5.95. The van der Waals surface area contributed by atoms with Crippen LogP contribution in [-0.2, 0) is 6.42 Å². The summed E-state index contributed by atoms with van der Waals surface area (Å²) in [4.78, 5) is 0. The molecule has 0 spiro atoms. The van der Waals surface area contributed by atoms with Gasteiger partial charge in [-0.05, 0) is 63.0 Å². The average molecular weight is 214 g/mol. The van der Waals surface area contributed by atoms with Crippen LogP contribution in [0.15, 0.2) is 30.4 Å². The third-order valence-corrected chi connectivity index (χ3v) is 3.53. The van der Waals surface area contributed by atoms with Crippen molar-refractivity contribution in [3.8, 4) is 0 Å². The van der Waals surface area contributed by atoms with Gasteiger partial charge in [0.05, 0.1) is 0 Å². The molecule has 0 heteroatoms. The smallest absolute Gasteiger partial charge is 0.00761 e. The standard InChI is InChI=1S/C17H10/c1-2-6-14-12(4-1)8-10-17-15-7-3-5-13(15)9-11-16(14)17/h2-5,7-8,10-11H,6H2. The number of benzene rings is 2. The largest absolute Gasteiger partial charge is 0.0722 e. The van der Waals surface area contributed by atoms with Gasteiger partial charge in [-0.15, -0.1) is 0 Å². The molecule has 0 heterocycles. The van der Waals surface area contributed by atoms with E-state index in [2.05, 4.69) is 60.7 Å². The van der Waals surface area contributed by atoms with E-state index < -0.39 is 0 Å². The van der Waals surface area contributed by atoms with Crippen LogP contribution >= 0.6 is 0 Å². The van der Waals surface area contributed by atoms with E-state index in [-0.39, 0.29) is 0 Å². The van der Waals surface area contributed by atoms with Crippen LogP contribution in [0.4, 0.5) is 0 Å². The van der Waals surface area contributed by atoms with Crippen LogP contribution in [0, 0.1) is 12.1 Å². The highest BCUT2D eigenvalue weighted by Crippen LogP contribution is 2.21.